The Morgan fingerprint density at radius 1 is 1.42 bits per heavy atom. The third-order valence-corrected chi connectivity index (χ3v) is 6.27. The molecule has 1 aromatic heterocycles. The Hall–Kier alpha value is -1.87. The first kappa shape index (κ1) is 18.5. The Bertz CT molecular complexity index is 739. The van der Waals surface area contributed by atoms with Crippen LogP contribution >= 0.6 is 0 Å². The van der Waals surface area contributed by atoms with Crippen LogP contribution in [-0.2, 0) is 26.6 Å². The predicted octanol–water partition coefficient (Wildman–Crippen LogP) is 1.08. The van der Waals surface area contributed by atoms with Gasteiger partial charge in [-0.3, -0.25) is 4.79 Å². The van der Waals surface area contributed by atoms with E-state index in [4.69, 9.17) is 4.74 Å². The summed E-state index contributed by atoms with van der Waals surface area (Å²) >= 11 is 0. The first-order valence-corrected chi connectivity index (χ1v) is 9.22. The first-order valence-electron chi connectivity index (χ1n) is 7.78. The first-order chi connectivity index (χ1) is 11.2. The number of piperidine rings is 1. The number of nitrogens with zero attached hydrogens (tertiary/aromatic N) is 2. The topological polar surface area (TPSA) is 106 Å². The third-order valence-electron chi connectivity index (χ3n) is 4.32. The van der Waals surface area contributed by atoms with Crippen molar-refractivity contribution in [1.29, 1.82) is 0 Å². The molecule has 0 saturated carbocycles. The summed E-state index contributed by atoms with van der Waals surface area (Å²) in [6, 6.07) is 0.622. The second-order valence-corrected chi connectivity index (χ2v) is 7.73. The van der Waals surface area contributed by atoms with Crippen molar-refractivity contribution < 1.29 is 27.9 Å². The number of hydrogen-bond acceptors (Lipinski definition) is 5. The van der Waals surface area contributed by atoms with Crippen LogP contribution in [0.15, 0.2) is 17.2 Å². The van der Waals surface area contributed by atoms with Gasteiger partial charge < -0.3 is 14.4 Å². The fourth-order valence-electron chi connectivity index (χ4n) is 3.00. The highest BCUT2D eigenvalue weighted by molar-refractivity contribution is 7.89. The molecule has 0 aliphatic carbocycles. The number of aliphatic carboxylic acids is 1. The minimum Gasteiger partial charge on any atom is -0.481 e. The van der Waals surface area contributed by atoms with E-state index in [1.807, 2.05) is 0 Å². The van der Waals surface area contributed by atoms with Gasteiger partial charge in [0.05, 0.1) is 12.5 Å². The van der Waals surface area contributed by atoms with Crippen molar-refractivity contribution in [3.63, 3.8) is 0 Å². The molecule has 1 fully saturated rings. The molecule has 1 aromatic rings. The maximum Gasteiger partial charge on any atom is 0.354 e. The summed E-state index contributed by atoms with van der Waals surface area (Å²) < 4.78 is 33.3. The molecule has 1 N–H and O–H groups in total. The Kier molecular flexibility index (Phi) is 5.34. The summed E-state index contributed by atoms with van der Waals surface area (Å²) in [5, 5.41) is 9.26. The smallest absolute Gasteiger partial charge is 0.354 e. The summed E-state index contributed by atoms with van der Waals surface area (Å²) in [7, 11) is -2.33. The highest BCUT2D eigenvalue weighted by Gasteiger charge is 2.40. The standard InChI is InChI=1S/C15H22N2O6S/c1-4-23-15(20)13-8-11(9-16(13)3)24(21,22)17-7-5-6-12(10(17)2)14(18)19/h8-10,12H,4-7H2,1-3H3,(H,18,19)/t10-,12-/m0/s1. The number of esters is 1. The lowest BCUT2D eigenvalue weighted by Crippen LogP contribution is -2.48. The zero-order valence-corrected chi connectivity index (χ0v) is 14.7. The van der Waals surface area contributed by atoms with Crippen LogP contribution in [0.3, 0.4) is 0 Å². The number of carbonyl (C=O) groups excluding carboxylic acids is 1. The van der Waals surface area contributed by atoms with E-state index in [0.29, 0.717) is 12.8 Å². The fraction of sp³-hybridized carbons (Fsp3) is 0.600. The molecule has 0 amide bonds. The average molecular weight is 358 g/mol. The maximum atomic E-state index is 12.9. The molecule has 0 aromatic carbocycles. The third kappa shape index (κ3) is 3.32. The summed E-state index contributed by atoms with van der Waals surface area (Å²) in [5.41, 5.74) is 0.134. The van der Waals surface area contributed by atoms with E-state index < -0.39 is 33.9 Å². The highest BCUT2D eigenvalue weighted by Crippen LogP contribution is 2.30. The molecular formula is C15H22N2O6S. The number of sulfonamides is 1. The van der Waals surface area contributed by atoms with Gasteiger partial charge in [-0.15, -0.1) is 0 Å². The lowest BCUT2D eigenvalue weighted by Gasteiger charge is -2.36. The molecule has 2 rings (SSSR count). The van der Waals surface area contributed by atoms with E-state index in [9.17, 15) is 23.1 Å². The van der Waals surface area contributed by atoms with Crippen molar-refractivity contribution in [2.75, 3.05) is 13.2 Å². The Morgan fingerprint density at radius 3 is 2.67 bits per heavy atom. The van der Waals surface area contributed by atoms with Crippen LogP contribution in [0.4, 0.5) is 0 Å². The molecule has 2 heterocycles. The van der Waals surface area contributed by atoms with E-state index in [1.54, 1.807) is 20.9 Å². The summed E-state index contributed by atoms with van der Waals surface area (Å²) in [5.74, 6) is -2.33. The lowest BCUT2D eigenvalue weighted by atomic mass is 9.92. The van der Waals surface area contributed by atoms with E-state index in [2.05, 4.69) is 0 Å². The van der Waals surface area contributed by atoms with Crippen LogP contribution in [0.2, 0.25) is 0 Å². The molecule has 0 radical (unpaired) electrons. The molecule has 1 saturated heterocycles. The Morgan fingerprint density at radius 2 is 2.08 bits per heavy atom. The molecule has 0 spiro atoms. The zero-order chi connectivity index (χ0) is 18.1. The van der Waals surface area contributed by atoms with Crippen LogP contribution in [0.25, 0.3) is 0 Å². The zero-order valence-electron chi connectivity index (χ0n) is 13.9. The highest BCUT2D eigenvalue weighted by atomic mass is 32.2. The van der Waals surface area contributed by atoms with Gasteiger partial charge in [0.1, 0.15) is 10.6 Å². The number of aromatic nitrogens is 1. The van der Waals surface area contributed by atoms with Gasteiger partial charge in [0.2, 0.25) is 10.0 Å². The van der Waals surface area contributed by atoms with Gasteiger partial charge in [-0.1, -0.05) is 0 Å². The SMILES string of the molecule is CCOC(=O)c1cc(S(=O)(=O)N2CCC[C@H](C(=O)O)[C@@H]2C)cn1C. The Balaban J connectivity index is 2.35. The van der Waals surface area contributed by atoms with Gasteiger partial charge in [0, 0.05) is 25.8 Å². The molecule has 0 unspecified atom stereocenters. The van der Waals surface area contributed by atoms with E-state index in [-0.39, 0.29) is 23.7 Å². The summed E-state index contributed by atoms with van der Waals surface area (Å²) in [4.78, 5) is 23.1. The van der Waals surface area contributed by atoms with Crippen LogP contribution in [0.5, 0.6) is 0 Å². The lowest BCUT2D eigenvalue weighted by molar-refractivity contribution is -0.144. The van der Waals surface area contributed by atoms with Gasteiger partial charge in [0.25, 0.3) is 0 Å². The second kappa shape index (κ2) is 6.94. The largest absolute Gasteiger partial charge is 0.481 e. The summed E-state index contributed by atoms with van der Waals surface area (Å²) in [6.45, 7) is 3.72. The fourth-order valence-corrected chi connectivity index (χ4v) is 4.78. The van der Waals surface area contributed by atoms with Crippen molar-refractivity contribution >= 4 is 22.0 Å². The summed E-state index contributed by atoms with van der Waals surface area (Å²) in [6.07, 6.45) is 2.28. The van der Waals surface area contributed by atoms with Crippen molar-refractivity contribution in [2.45, 2.75) is 37.6 Å². The molecule has 1 aliphatic rings. The molecule has 1 aliphatic heterocycles. The van der Waals surface area contributed by atoms with Crippen molar-refractivity contribution in [3.05, 3.63) is 18.0 Å². The number of ether oxygens (including phenoxy) is 1. The van der Waals surface area contributed by atoms with Gasteiger partial charge in [-0.2, -0.15) is 4.31 Å². The number of hydrogen-bond donors (Lipinski definition) is 1. The van der Waals surface area contributed by atoms with E-state index >= 15 is 0 Å². The molecule has 24 heavy (non-hydrogen) atoms. The van der Waals surface area contributed by atoms with Crippen LogP contribution in [0.1, 0.15) is 37.2 Å². The minimum absolute atomic E-state index is 0.0362. The number of rotatable bonds is 5. The van der Waals surface area contributed by atoms with Crippen LogP contribution < -0.4 is 0 Å². The maximum absolute atomic E-state index is 12.9. The van der Waals surface area contributed by atoms with Gasteiger partial charge in [-0.25, -0.2) is 13.2 Å². The molecule has 2 atom stereocenters. The van der Waals surface area contributed by atoms with E-state index in [1.165, 1.54) is 21.1 Å². The van der Waals surface area contributed by atoms with Crippen LogP contribution in [0, 0.1) is 5.92 Å². The van der Waals surface area contributed by atoms with Crippen molar-refractivity contribution in [1.82, 2.24) is 8.87 Å². The number of carbonyl (C=O) groups is 2. The molecular weight excluding hydrogens is 336 g/mol. The number of carboxylic acids is 1. The molecule has 9 heteroatoms. The van der Waals surface area contributed by atoms with Crippen molar-refractivity contribution in [3.8, 4) is 0 Å². The van der Waals surface area contributed by atoms with Gasteiger partial charge in [0.15, 0.2) is 0 Å². The van der Waals surface area contributed by atoms with Gasteiger partial charge >= 0.3 is 11.9 Å². The van der Waals surface area contributed by atoms with Crippen molar-refractivity contribution in [2.24, 2.45) is 13.0 Å². The minimum atomic E-state index is -3.89. The average Bonchev–Trinajstić information content (AvgIpc) is 2.90. The number of carboxylic acid groups (broad SMARTS) is 1. The quantitative estimate of drug-likeness (QED) is 0.790. The normalized spacial score (nSPS) is 22.3. The Labute approximate surface area is 141 Å². The number of aryl methyl sites for hydroxylation is 1. The van der Waals surface area contributed by atoms with E-state index in [0.717, 1.165) is 0 Å². The monoisotopic (exact) mass is 358 g/mol. The molecule has 134 valence electrons. The van der Waals surface area contributed by atoms with Gasteiger partial charge in [-0.05, 0) is 32.8 Å². The van der Waals surface area contributed by atoms with Crippen LogP contribution in [-0.4, -0.2) is 53.5 Å². The molecule has 0 bridgehead atoms. The predicted molar refractivity (Wildman–Crippen MR) is 85.1 cm³/mol. The second-order valence-electron chi connectivity index (χ2n) is 5.84. The molecule has 8 nitrogen and oxygen atoms in total.